The molecule has 21 heavy (non-hydrogen) atoms. The van der Waals surface area contributed by atoms with E-state index in [9.17, 15) is 4.79 Å². The number of carbonyl (C=O) groups excluding carboxylic acids is 1. The van der Waals surface area contributed by atoms with Gasteiger partial charge in [0.1, 0.15) is 0 Å². The highest BCUT2D eigenvalue weighted by Crippen LogP contribution is 1.99. The number of carbonyl (C=O) groups is 1. The van der Waals surface area contributed by atoms with Crippen molar-refractivity contribution in [2.75, 3.05) is 0 Å². The van der Waals surface area contributed by atoms with E-state index < -0.39 is 12.1 Å². The van der Waals surface area contributed by atoms with E-state index in [-0.39, 0.29) is 0 Å². The molecular formula is C19H14O2. The third-order valence-corrected chi connectivity index (χ3v) is 2.53. The molecule has 102 valence electrons. The van der Waals surface area contributed by atoms with Crippen molar-refractivity contribution in [1.82, 2.24) is 0 Å². The van der Waals surface area contributed by atoms with Gasteiger partial charge in [-0.1, -0.05) is 48.2 Å². The highest BCUT2D eigenvalue weighted by molar-refractivity contribution is 5.67. The quantitative estimate of drug-likeness (QED) is 0.590. The fraction of sp³-hybridized carbons (Fsp3) is 0.105. The fourth-order valence-electron chi connectivity index (χ4n) is 1.60. The van der Waals surface area contributed by atoms with Gasteiger partial charge in [0.15, 0.2) is 0 Å². The van der Waals surface area contributed by atoms with Gasteiger partial charge in [0.2, 0.25) is 6.10 Å². The van der Waals surface area contributed by atoms with Crippen LogP contribution in [0.4, 0.5) is 0 Å². The molecule has 0 aliphatic rings. The fourth-order valence-corrected chi connectivity index (χ4v) is 1.60. The SMILES string of the molecule is CC(=O)OC(C#Cc1ccccc1)C#Cc1ccccc1. The summed E-state index contributed by atoms with van der Waals surface area (Å²) in [5, 5.41) is 0. The number of hydrogen-bond donors (Lipinski definition) is 0. The van der Waals surface area contributed by atoms with E-state index in [1.54, 1.807) is 0 Å². The number of esters is 1. The van der Waals surface area contributed by atoms with E-state index in [2.05, 4.69) is 23.7 Å². The minimum Gasteiger partial charge on any atom is -0.437 e. The predicted molar refractivity (Wildman–Crippen MR) is 82.2 cm³/mol. The van der Waals surface area contributed by atoms with E-state index in [4.69, 9.17) is 4.74 Å². The molecule has 0 bridgehead atoms. The number of benzene rings is 2. The van der Waals surface area contributed by atoms with Crippen LogP contribution in [0.5, 0.6) is 0 Å². The van der Waals surface area contributed by atoms with Crippen LogP contribution < -0.4 is 0 Å². The molecule has 0 atom stereocenters. The molecule has 2 heteroatoms. The first-order valence-corrected chi connectivity index (χ1v) is 6.54. The van der Waals surface area contributed by atoms with Crippen LogP contribution in [0.25, 0.3) is 0 Å². The van der Waals surface area contributed by atoms with Crippen LogP contribution >= 0.6 is 0 Å². The number of rotatable bonds is 1. The molecule has 0 N–H and O–H groups in total. The third-order valence-electron chi connectivity index (χ3n) is 2.53. The summed E-state index contributed by atoms with van der Waals surface area (Å²) in [4.78, 5) is 11.1. The van der Waals surface area contributed by atoms with Crippen LogP contribution in [0.15, 0.2) is 60.7 Å². The Balaban J connectivity index is 2.18. The van der Waals surface area contributed by atoms with E-state index in [0.29, 0.717) is 0 Å². The van der Waals surface area contributed by atoms with Gasteiger partial charge in [-0.25, -0.2) is 0 Å². The third kappa shape index (κ3) is 5.27. The van der Waals surface area contributed by atoms with E-state index >= 15 is 0 Å². The molecule has 0 aromatic heterocycles. The van der Waals surface area contributed by atoms with Crippen LogP contribution in [-0.4, -0.2) is 12.1 Å². The summed E-state index contributed by atoms with van der Waals surface area (Å²) in [5.74, 6) is 11.3. The number of ether oxygens (including phenoxy) is 1. The van der Waals surface area contributed by atoms with Gasteiger partial charge < -0.3 is 4.74 Å². The normalized spacial score (nSPS) is 9.05. The Hall–Kier alpha value is -2.97. The van der Waals surface area contributed by atoms with Gasteiger partial charge in [-0.2, -0.15) is 0 Å². The topological polar surface area (TPSA) is 26.3 Å². The molecule has 0 spiro atoms. The average molecular weight is 274 g/mol. The van der Waals surface area contributed by atoms with Crippen molar-refractivity contribution in [2.24, 2.45) is 0 Å². The van der Waals surface area contributed by atoms with Crippen molar-refractivity contribution in [3.8, 4) is 23.7 Å². The summed E-state index contributed by atoms with van der Waals surface area (Å²) in [6.07, 6.45) is -0.733. The molecule has 2 aromatic carbocycles. The lowest BCUT2D eigenvalue weighted by Gasteiger charge is -2.02. The molecule has 2 nitrogen and oxygen atoms in total. The van der Waals surface area contributed by atoms with Crippen molar-refractivity contribution in [1.29, 1.82) is 0 Å². The van der Waals surface area contributed by atoms with Gasteiger partial charge in [-0.3, -0.25) is 4.79 Å². The Kier molecular flexibility index (Phi) is 5.21. The maximum Gasteiger partial charge on any atom is 0.304 e. The summed E-state index contributed by atoms with van der Waals surface area (Å²) in [5.41, 5.74) is 1.72. The van der Waals surface area contributed by atoms with Gasteiger partial charge in [-0.05, 0) is 36.1 Å². The average Bonchev–Trinajstić information content (AvgIpc) is 2.51. The molecule has 0 heterocycles. The first kappa shape index (κ1) is 14.4. The van der Waals surface area contributed by atoms with Crippen molar-refractivity contribution >= 4 is 5.97 Å². The molecular weight excluding hydrogens is 260 g/mol. The van der Waals surface area contributed by atoms with Crippen LogP contribution in [-0.2, 0) is 9.53 Å². The zero-order valence-corrected chi connectivity index (χ0v) is 11.7. The second-order valence-corrected chi connectivity index (χ2v) is 4.26. The number of hydrogen-bond acceptors (Lipinski definition) is 2. The van der Waals surface area contributed by atoms with Crippen LogP contribution in [0, 0.1) is 23.7 Å². The van der Waals surface area contributed by atoms with Crippen LogP contribution in [0.1, 0.15) is 18.1 Å². The molecule has 2 aromatic rings. The minimum atomic E-state index is -0.733. The van der Waals surface area contributed by atoms with Gasteiger partial charge in [0.25, 0.3) is 0 Å². The Morgan fingerprint density at radius 1 is 0.857 bits per heavy atom. The highest BCUT2D eigenvalue weighted by atomic mass is 16.5. The Morgan fingerprint density at radius 3 is 1.67 bits per heavy atom. The molecule has 0 radical (unpaired) electrons. The molecule has 0 amide bonds. The summed E-state index contributed by atoms with van der Waals surface area (Å²) < 4.78 is 5.11. The molecule has 0 fully saturated rings. The van der Waals surface area contributed by atoms with Crippen molar-refractivity contribution in [3.05, 3.63) is 71.8 Å². The van der Waals surface area contributed by atoms with Crippen molar-refractivity contribution in [2.45, 2.75) is 13.0 Å². The molecule has 0 saturated carbocycles. The molecule has 0 saturated heterocycles. The predicted octanol–water partition coefficient (Wildman–Crippen LogP) is 3.02. The van der Waals surface area contributed by atoms with Crippen molar-refractivity contribution < 1.29 is 9.53 Å². The van der Waals surface area contributed by atoms with E-state index in [1.165, 1.54) is 6.92 Å². The second kappa shape index (κ2) is 7.58. The minimum absolute atomic E-state index is 0.398. The molecule has 2 rings (SSSR count). The maximum absolute atomic E-state index is 11.1. The molecule has 0 unspecified atom stereocenters. The van der Waals surface area contributed by atoms with Crippen LogP contribution in [0.3, 0.4) is 0 Å². The lowest BCUT2D eigenvalue weighted by Crippen LogP contribution is -2.12. The zero-order valence-electron chi connectivity index (χ0n) is 11.7. The van der Waals surface area contributed by atoms with Gasteiger partial charge >= 0.3 is 5.97 Å². The zero-order chi connectivity index (χ0) is 14.9. The lowest BCUT2D eigenvalue weighted by molar-refractivity contribution is -0.141. The molecule has 0 aliphatic carbocycles. The second-order valence-electron chi connectivity index (χ2n) is 4.26. The van der Waals surface area contributed by atoms with E-state index in [1.807, 2.05) is 60.7 Å². The molecule has 0 aliphatic heterocycles. The summed E-state index contributed by atoms with van der Waals surface area (Å²) >= 11 is 0. The highest BCUT2D eigenvalue weighted by Gasteiger charge is 2.03. The summed E-state index contributed by atoms with van der Waals surface area (Å²) in [6.45, 7) is 1.35. The Bertz CT molecular complexity index is 653. The van der Waals surface area contributed by atoms with E-state index in [0.717, 1.165) is 11.1 Å². The summed E-state index contributed by atoms with van der Waals surface area (Å²) in [7, 11) is 0. The van der Waals surface area contributed by atoms with Crippen molar-refractivity contribution in [3.63, 3.8) is 0 Å². The smallest absolute Gasteiger partial charge is 0.304 e. The first-order valence-electron chi connectivity index (χ1n) is 6.54. The lowest BCUT2D eigenvalue weighted by atomic mass is 10.2. The van der Waals surface area contributed by atoms with Gasteiger partial charge in [0, 0.05) is 18.1 Å². The van der Waals surface area contributed by atoms with Gasteiger partial charge in [-0.15, -0.1) is 0 Å². The monoisotopic (exact) mass is 274 g/mol. The van der Waals surface area contributed by atoms with Gasteiger partial charge in [0.05, 0.1) is 0 Å². The summed E-state index contributed by atoms with van der Waals surface area (Å²) in [6, 6.07) is 19.0. The largest absolute Gasteiger partial charge is 0.437 e. The Labute approximate surface area is 124 Å². The first-order chi connectivity index (χ1) is 10.2. The maximum atomic E-state index is 11.1. The standard InChI is InChI=1S/C19H14O2/c1-16(20)21-19(14-12-17-8-4-2-5-9-17)15-13-18-10-6-3-7-11-18/h2-11,19H,1H3. The van der Waals surface area contributed by atoms with Crippen LogP contribution in [0.2, 0.25) is 0 Å². The Morgan fingerprint density at radius 2 is 1.29 bits per heavy atom.